The van der Waals surface area contributed by atoms with Crippen molar-refractivity contribution in [3.63, 3.8) is 0 Å². The van der Waals surface area contributed by atoms with Crippen LogP contribution in [0, 0.1) is 0 Å². The van der Waals surface area contributed by atoms with Crippen LogP contribution in [-0.2, 0) is 16.8 Å². The molecule has 0 spiro atoms. The first-order chi connectivity index (χ1) is 10.1. The van der Waals surface area contributed by atoms with Crippen molar-refractivity contribution in [3.05, 3.63) is 59.9 Å². The van der Waals surface area contributed by atoms with Crippen molar-refractivity contribution < 1.29 is 9.53 Å². The molecule has 0 unspecified atom stereocenters. The van der Waals surface area contributed by atoms with Crippen LogP contribution in [0.1, 0.15) is 25.1 Å². The van der Waals surface area contributed by atoms with Crippen LogP contribution >= 0.6 is 0 Å². The standard InChI is InChI=1S/C17H20N2O2/c1-17(2,14-9-4-5-10-15(14)21-3)16(20)19-12-13-8-6-7-11-18-13/h4-11H,12H2,1-3H3,(H,19,20). The second kappa shape index (κ2) is 6.39. The lowest BCUT2D eigenvalue weighted by Crippen LogP contribution is -2.40. The maximum Gasteiger partial charge on any atom is 0.230 e. The number of rotatable bonds is 5. The van der Waals surface area contributed by atoms with E-state index < -0.39 is 5.41 Å². The molecule has 0 radical (unpaired) electrons. The lowest BCUT2D eigenvalue weighted by molar-refractivity contribution is -0.125. The molecule has 1 N–H and O–H groups in total. The minimum atomic E-state index is -0.679. The first-order valence-electron chi connectivity index (χ1n) is 6.87. The summed E-state index contributed by atoms with van der Waals surface area (Å²) in [6, 6.07) is 13.2. The van der Waals surface area contributed by atoms with Gasteiger partial charge >= 0.3 is 0 Å². The number of nitrogens with one attached hydrogen (secondary N) is 1. The highest BCUT2D eigenvalue weighted by atomic mass is 16.5. The third-order valence-corrected chi connectivity index (χ3v) is 3.50. The van der Waals surface area contributed by atoms with E-state index >= 15 is 0 Å². The molecule has 2 aromatic rings. The third-order valence-electron chi connectivity index (χ3n) is 3.50. The number of methoxy groups -OCH3 is 1. The third kappa shape index (κ3) is 3.40. The molecular weight excluding hydrogens is 264 g/mol. The molecule has 1 heterocycles. The van der Waals surface area contributed by atoms with Crippen LogP contribution in [-0.4, -0.2) is 18.0 Å². The zero-order valence-corrected chi connectivity index (χ0v) is 12.6. The predicted molar refractivity (Wildman–Crippen MR) is 82.1 cm³/mol. The topological polar surface area (TPSA) is 51.2 Å². The Balaban J connectivity index is 2.13. The summed E-state index contributed by atoms with van der Waals surface area (Å²) in [5.41, 5.74) is 1.02. The number of carbonyl (C=O) groups is 1. The number of carbonyl (C=O) groups excluding carboxylic acids is 1. The molecule has 0 aliphatic carbocycles. The number of pyridine rings is 1. The molecule has 0 saturated heterocycles. The van der Waals surface area contributed by atoms with E-state index in [4.69, 9.17) is 4.74 Å². The van der Waals surface area contributed by atoms with Gasteiger partial charge < -0.3 is 10.1 Å². The minimum Gasteiger partial charge on any atom is -0.496 e. The lowest BCUT2D eigenvalue weighted by atomic mass is 9.83. The van der Waals surface area contributed by atoms with Crippen molar-refractivity contribution in [3.8, 4) is 5.75 Å². The Bertz CT molecular complexity index is 609. The molecule has 0 atom stereocenters. The van der Waals surface area contributed by atoms with Gasteiger partial charge in [-0.3, -0.25) is 9.78 Å². The van der Waals surface area contributed by atoms with Gasteiger partial charge in [0.2, 0.25) is 5.91 Å². The number of benzene rings is 1. The highest BCUT2D eigenvalue weighted by Crippen LogP contribution is 2.31. The lowest BCUT2D eigenvalue weighted by Gasteiger charge is -2.26. The molecule has 4 nitrogen and oxygen atoms in total. The van der Waals surface area contributed by atoms with Crippen molar-refractivity contribution in [1.82, 2.24) is 10.3 Å². The molecule has 1 amide bonds. The summed E-state index contributed by atoms with van der Waals surface area (Å²) in [7, 11) is 1.61. The van der Waals surface area contributed by atoms with E-state index in [-0.39, 0.29) is 5.91 Å². The van der Waals surface area contributed by atoms with Crippen molar-refractivity contribution >= 4 is 5.91 Å². The van der Waals surface area contributed by atoms with Gasteiger partial charge in [-0.15, -0.1) is 0 Å². The van der Waals surface area contributed by atoms with Crippen LogP contribution < -0.4 is 10.1 Å². The van der Waals surface area contributed by atoms with E-state index in [0.29, 0.717) is 6.54 Å². The van der Waals surface area contributed by atoms with Gasteiger partial charge in [0, 0.05) is 11.8 Å². The molecule has 0 aliphatic heterocycles. The fourth-order valence-electron chi connectivity index (χ4n) is 2.18. The fourth-order valence-corrected chi connectivity index (χ4v) is 2.18. The molecule has 1 aromatic carbocycles. The maximum absolute atomic E-state index is 12.5. The van der Waals surface area contributed by atoms with E-state index in [0.717, 1.165) is 17.0 Å². The Morgan fingerprint density at radius 1 is 1.19 bits per heavy atom. The average molecular weight is 284 g/mol. The molecule has 2 rings (SSSR count). The number of hydrogen-bond donors (Lipinski definition) is 1. The first-order valence-corrected chi connectivity index (χ1v) is 6.87. The molecule has 4 heteroatoms. The smallest absolute Gasteiger partial charge is 0.230 e. The van der Waals surface area contributed by atoms with Gasteiger partial charge in [-0.25, -0.2) is 0 Å². The van der Waals surface area contributed by atoms with Crippen molar-refractivity contribution in [2.75, 3.05) is 7.11 Å². The van der Waals surface area contributed by atoms with Crippen LogP contribution in [0.4, 0.5) is 0 Å². The Labute approximate surface area is 125 Å². The molecule has 0 fully saturated rings. The van der Waals surface area contributed by atoms with E-state index in [1.54, 1.807) is 13.3 Å². The second-order valence-electron chi connectivity index (χ2n) is 5.33. The highest BCUT2D eigenvalue weighted by Gasteiger charge is 2.32. The summed E-state index contributed by atoms with van der Waals surface area (Å²) in [4.78, 5) is 16.7. The van der Waals surface area contributed by atoms with Gasteiger partial charge in [0.15, 0.2) is 0 Å². The molecule has 0 aliphatic rings. The van der Waals surface area contributed by atoms with E-state index in [1.165, 1.54) is 0 Å². The van der Waals surface area contributed by atoms with E-state index in [2.05, 4.69) is 10.3 Å². The normalized spacial score (nSPS) is 11.0. The Hall–Kier alpha value is -2.36. The Kier molecular flexibility index (Phi) is 4.58. The van der Waals surface area contributed by atoms with Gasteiger partial charge in [0.05, 0.1) is 24.8 Å². The number of ether oxygens (including phenoxy) is 1. The van der Waals surface area contributed by atoms with E-state index in [1.807, 2.05) is 56.3 Å². The van der Waals surface area contributed by atoms with Crippen LogP contribution in [0.15, 0.2) is 48.7 Å². The number of para-hydroxylation sites is 1. The summed E-state index contributed by atoms with van der Waals surface area (Å²) in [5.74, 6) is 0.660. The molecular formula is C17H20N2O2. The van der Waals surface area contributed by atoms with Gasteiger partial charge in [-0.05, 0) is 32.0 Å². The molecule has 110 valence electrons. The van der Waals surface area contributed by atoms with Crippen LogP contribution in [0.2, 0.25) is 0 Å². The van der Waals surface area contributed by atoms with Gasteiger partial charge in [0.1, 0.15) is 5.75 Å². The SMILES string of the molecule is COc1ccccc1C(C)(C)C(=O)NCc1ccccn1. The predicted octanol–water partition coefficient (Wildman–Crippen LogP) is 2.68. The number of nitrogens with zero attached hydrogens (tertiary/aromatic N) is 1. The second-order valence-corrected chi connectivity index (χ2v) is 5.33. The molecule has 0 bridgehead atoms. The quantitative estimate of drug-likeness (QED) is 0.918. The van der Waals surface area contributed by atoms with E-state index in [9.17, 15) is 4.79 Å². The number of amides is 1. The molecule has 21 heavy (non-hydrogen) atoms. The van der Waals surface area contributed by atoms with Gasteiger partial charge in [-0.2, -0.15) is 0 Å². The molecule has 1 aromatic heterocycles. The molecule has 0 saturated carbocycles. The minimum absolute atomic E-state index is 0.0577. The largest absolute Gasteiger partial charge is 0.496 e. The summed E-state index contributed by atoms with van der Waals surface area (Å²) in [6.07, 6.45) is 1.72. The van der Waals surface area contributed by atoms with Crippen LogP contribution in [0.25, 0.3) is 0 Å². The van der Waals surface area contributed by atoms with Crippen LogP contribution in [0.3, 0.4) is 0 Å². The fraction of sp³-hybridized carbons (Fsp3) is 0.294. The van der Waals surface area contributed by atoms with Crippen molar-refractivity contribution in [1.29, 1.82) is 0 Å². The summed E-state index contributed by atoms with van der Waals surface area (Å²) < 4.78 is 5.35. The first kappa shape index (κ1) is 15.0. The van der Waals surface area contributed by atoms with Crippen molar-refractivity contribution in [2.24, 2.45) is 0 Å². The van der Waals surface area contributed by atoms with Gasteiger partial charge in [0.25, 0.3) is 0 Å². The number of aromatic nitrogens is 1. The zero-order valence-electron chi connectivity index (χ0n) is 12.6. The summed E-state index contributed by atoms with van der Waals surface area (Å²) >= 11 is 0. The number of hydrogen-bond acceptors (Lipinski definition) is 3. The summed E-state index contributed by atoms with van der Waals surface area (Å²) in [6.45, 7) is 4.19. The Morgan fingerprint density at radius 2 is 1.90 bits per heavy atom. The maximum atomic E-state index is 12.5. The van der Waals surface area contributed by atoms with Crippen molar-refractivity contribution in [2.45, 2.75) is 25.8 Å². The monoisotopic (exact) mass is 284 g/mol. The van der Waals surface area contributed by atoms with Gasteiger partial charge in [-0.1, -0.05) is 24.3 Å². The Morgan fingerprint density at radius 3 is 2.57 bits per heavy atom. The highest BCUT2D eigenvalue weighted by molar-refractivity contribution is 5.88. The zero-order chi connectivity index (χ0) is 15.3. The average Bonchev–Trinajstić information content (AvgIpc) is 2.53. The van der Waals surface area contributed by atoms with Crippen LogP contribution in [0.5, 0.6) is 5.75 Å². The summed E-state index contributed by atoms with van der Waals surface area (Å²) in [5, 5.41) is 2.93.